The van der Waals surface area contributed by atoms with Crippen LogP contribution in [0.5, 0.6) is 5.75 Å². The SMILES string of the molecule is CCCCCCCCCCOc1ccc(-c2ccc(C#CC(C)(C)O)cc2)cc1. The Morgan fingerprint density at radius 2 is 1.28 bits per heavy atom. The van der Waals surface area contributed by atoms with Crippen LogP contribution in [-0.2, 0) is 0 Å². The molecule has 0 saturated heterocycles. The van der Waals surface area contributed by atoms with Crippen molar-refractivity contribution in [2.45, 2.75) is 77.7 Å². The highest BCUT2D eigenvalue weighted by molar-refractivity contribution is 5.65. The Hall–Kier alpha value is -2.24. The Bertz CT molecular complexity index is 755. The van der Waals surface area contributed by atoms with Gasteiger partial charge in [0.15, 0.2) is 0 Å². The Kier molecular flexibility index (Phi) is 9.81. The van der Waals surface area contributed by atoms with Crippen LogP contribution in [0.3, 0.4) is 0 Å². The van der Waals surface area contributed by atoms with E-state index in [0.717, 1.165) is 35.5 Å². The van der Waals surface area contributed by atoms with Gasteiger partial charge in [-0.2, -0.15) is 0 Å². The summed E-state index contributed by atoms with van der Waals surface area (Å²) in [5.74, 6) is 6.77. The van der Waals surface area contributed by atoms with Crippen LogP contribution >= 0.6 is 0 Å². The highest BCUT2D eigenvalue weighted by atomic mass is 16.5. The zero-order chi connectivity index (χ0) is 21.0. The third-order valence-corrected chi connectivity index (χ3v) is 4.85. The molecule has 0 radical (unpaired) electrons. The molecule has 0 heterocycles. The number of rotatable bonds is 11. The molecule has 0 aliphatic rings. The summed E-state index contributed by atoms with van der Waals surface area (Å²) in [4.78, 5) is 0. The second kappa shape index (κ2) is 12.3. The third-order valence-electron chi connectivity index (χ3n) is 4.85. The first kappa shape index (κ1) is 23.0. The number of hydrogen-bond donors (Lipinski definition) is 1. The van der Waals surface area contributed by atoms with Crippen molar-refractivity contribution in [3.8, 4) is 28.7 Å². The predicted octanol–water partition coefficient (Wildman–Crippen LogP) is 7.00. The molecular formula is C27H36O2. The van der Waals surface area contributed by atoms with Gasteiger partial charge < -0.3 is 9.84 Å². The Labute approximate surface area is 177 Å². The molecule has 2 nitrogen and oxygen atoms in total. The topological polar surface area (TPSA) is 29.5 Å². The summed E-state index contributed by atoms with van der Waals surface area (Å²) in [5.41, 5.74) is 2.24. The molecule has 0 saturated carbocycles. The van der Waals surface area contributed by atoms with Crippen LogP contribution in [0, 0.1) is 11.8 Å². The lowest BCUT2D eigenvalue weighted by Gasteiger charge is -2.08. The summed E-state index contributed by atoms with van der Waals surface area (Å²) >= 11 is 0. The molecule has 0 amide bonds. The van der Waals surface area contributed by atoms with Crippen LogP contribution in [0.15, 0.2) is 48.5 Å². The van der Waals surface area contributed by atoms with E-state index in [1.807, 2.05) is 24.3 Å². The van der Waals surface area contributed by atoms with E-state index >= 15 is 0 Å². The quantitative estimate of drug-likeness (QED) is 0.330. The summed E-state index contributed by atoms with van der Waals surface area (Å²) in [6.45, 7) is 6.43. The molecule has 0 atom stereocenters. The zero-order valence-electron chi connectivity index (χ0n) is 18.3. The molecule has 0 spiro atoms. The first-order valence-corrected chi connectivity index (χ1v) is 11.1. The minimum atomic E-state index is -0.969. The maximum atomic E-state index is 9.70. The minimum absolute atomic E-state index is 0.795. The summed E-state index contributed by atoms with van der Waals surface area (Å²) in [6.07, 6.45) is 10.5. The fraction of sp³-hybridized carbons (Fsp3) is 0.481. The van der Waals surface area contributed by atoms with Gasteiger partial charge in [-0.25, -0.2) is 0 Å². The standard InChI is InChI=1S/C27H36O2/c1-4-5-6-7-8-9-10-11-22-29-26-18-16-25(17-19-26)24-14-12-23(13-15-24)20-21-27(2,3)28/h12-19,28H,4-11,22H2,1-3H3. The second-order valence-electron chi connectivity index (χ2n) is 8.23. The van der Waals surface area contributed by atoms with Crippen molar-refractivity contribution >= 4 is 0 Å². The molecule has 2 rings (SSSR count). The molecule has 0 aromatic heterocycles. The summed E-state index contributed by atoms with van der Waals surface area (Å²) in [7, 11) is 0. The smallest absolute Gasteiger partial charge is 0.120 e. The van der Waals surface area contributed by atoms with Crippen molar-refractivity contribution in [3.63, 3.8) is 0 Å². The van der Waals surface area contributed by atoms with Crippen molar-refractivity contribution in [3.05, 3.63) is 54.1 Å². The molecule has 2 aromatic carbocycles. The normalized spacial score (nSPS) is 11.0. The summed E-state index contributed by atoms with van der Waals surface area (Å²) in [5, 5.41) is 9.70. The molecule has 29 heavy (non-hydrogen) atoms. The van der Waals surface area contributed by atoms with Crippen molar-refractivity contribution in [2.75, 3.05) is 6.61 Å². The van der Waals surface area contributed by atoms with E-state index < -0.39 is 5.60 Å². The molecule has 1 N–H and O–H groups in total. The molecule has 2 aromatic rings. The van der Waals surface area contributed by atoms with Crippen molar-refractivity contribution in [1.29, 1.82) is 0 Å². The van der Waals surface area contributed by atoms with Crippen molar-refractivity contribution in [1.82, 2.24) is 0 Å². The van der Waals surface area contributed by atoms with Gasteiger partial charge in [-0.1, -0.05) is 88.0 Å². The van der Waals surface area contributed by atoms with E-state index in [9.17, 15) is 5.11 Å². The van der Waals surface area contributed by atoms with E-state index in [0.29, 0.717) is 0 Å². The monoisotopic (exact) mass is 392 g/mol. The average Bonchev–Trinajstić information content (AvgIpc) is 2.71. The average molecular weight is 393 g/mol. The molecule has 2 heteroatoms. The molecule has 0 fully saturated rings. The maximum Gasteiger partial charge on any atom is 0.120 e. The lowest BCUT2D eigenvalue weighted by molar-refractivity contribution is 0.143. The van der Waals surface area contributed by atoms with Crippen molar-refractivity contribution < 1.29 is 9.84 Å². The van der Waals surface area contributed by atoms with Crippen LogP contribution in [0.4, 0.5) is 0 Å². The van der Waals surface area contributed by atoms with Crippen molar-refractivity contribution in [2.24, 2.45) is 0 Å². The molecule has 0 bridgehead atoms. The van der Waals surface area contributed by atoms with E-state index in [1.54, 1.807) is 13.8 Å². The first-order valence-electron chi connectivity index (χ1n) is 11.1. The van der Waals surface area contributed by atoms with Gasteiger partial charge in [0.25, 0.3) is 0 Å². The van der Waals surface area contributed by atoms with Gasteiger partial charge in [-0.05, 0) is 55.7 Å². The number of hydrogen-bond acceptors (Lipinski definition) is 2. The number of ether oxygens (including phenoxy) is 1. The largest absolute Gasteiger partial charge is 0.494 e. The first-order chi connectivity index (χ1) is 14.0. The number of unbranched alkanes of at least 4 members (excludes halogenated alkanes) is 7. The minimum Gasteiger partial charge on any atom is -0.494 e. The Morgan fingerprint density at radius 1 is 0.759 bits per heavy atom. The van der Waals surface area contributed by atoms with Crippen LogP contribution < -0.4 is 4.74 Å². The highest BCUT2D eigenvalue weighted by Gasteiger charge is 2.05. The highest BCUT2D eigenvalue weighted by Crippen LogP contribution is 2.23. The predicted molar refractivity (Wildman–Crippen MR) is 123 cm³/mol. The second-order valence-corrected chi connectivity index (χ2v) is 8.23. The van der Waals surface area contributed by atoms with E-state index in [4.69, 9.17) is 4.74 Å². The van der Waals surface area contributed by atoms with Gasteiger partial charge in [-0.15, -0.1) is 0 Å². The van der Waals surface area contributed by atoms with Crippen LogP contribution in [0.1, 0.15) is 77.7 Å². The summed E-state index contributed by atoms with van der Waals surface area (Å²) in [6, 6.07) is 16.4. The molecular weight excluding hydrogens is 356 g/mol. The maximum absolute atomic E-state index is 9.70. The van der Waals surface area contributed by atoms with Gasteiger partial charge >= 0.3 is 0 Å². The van der Waals surface area contributed by atoms with Gasteiger partial charge in [-0.3, -0.25) is 0 Å². The Balaban J connectivity index is 1.73. The zero-order valence-corrected chi connectivity index (χ0v) is 18.3. The van der Waals surface area contributed by atoms with Gasteiger partial charge in [0.1, 0.15) is 11.4 Å². The fourth-order valence-electron chi connectivity index (χ4n) is 3.14. The van der Waals surface area contributed by atoms with Gasteiger partial charge in [0, 0.05) is 5.56 Å². The number of benzene rings is 2. The molecule has 0 aliphatic heterocycles. The van der Waals surface area contributed by atoms with Gasteiger partial charge in [0.05, 0.1) is 6.61 Å². The van der Waals surface area contributed by atoms with Crippen LogP contribution in [0.25, 0.3) is 11.1 Å². The molecule has 0 aliphatic carbocycles. The summed E-state index contributed by atoms with van der Waals surface area (Å²) < 4.78 is 5.88. The number of aliphatic hydroxyl groups is 1. The lowest BCUT2D eigenvalue weighted by Crippen LogP contribution is -2.14. The third kappa shape index (κ3) is 9.68. The molecule has 0 unspecified atom stereocenters. The van der Waals surface area contributed by atoms with E-state index in [2.05, 4.69) is 43.0 Å². The van der Waals surface area contributed by atoms with Gasteiger partial charge in [0.2, 0.25) is 0 Å². The van der Waals surface area contributed by atoms with E-state index in [-0.39, 0.29) is 0 Å². The van der Waals surface area contributed by atoms with Crippen LogP contribution in [-0.4, -0.2) is 17.3 Å². The lowest BCUT2D eigenvalue weighted by atomic mass is 10.0. The molecule has 156 valence electrons. The Morgan fingerprint density at radius 3 is 1.83 bits per heavy atom. The van der Waals surface area contributed by atoms with Crippen LogP contribution in [0.2, 0.25) is 0 Å². The van der Waals surface area contributed by atoms with E-state index in [1.165, 1.54) is 44.9 Å². The fourth-order valence-corrected chi connectivity index (χ4v) is 3.14.